The number of aryl methyl sites for hydroxylation is 1. The summed E-state index contributed by atoms with van der Waals surface area (Å²) in [5.74, 6) is 1.81. The summed E-state index contributed by atoms with van der Waals surface area (Å²) < 4.78 is 5.36. The quantitative estimate of drug-likeness (QED) is 0.535. The van der Waals surface area contributed by atoms with Crippen LogP contribution in [0.4, 0.5) is 0 Å². The Morgan fingerprint density at radius 1 is 1.23 bits per heavy atom. The molecule has 2 amide bonds. The smallest absolute Gasteiger partial charge is 0.244 e. The number of nitrogens with one attached hydrogen (secondary N) is 1. The van der Waals surface area contributed by atoms with Gasteiger partial charge in [0.05, 0.1) is 30.1 Å². The molecule has 31 heavy (non-hydrogen) atoms. The van der Waals surface area contributed by atoms with Gasteiger partial charge in [0.2, 0.25) is 11.8 Å². The summed E-state index contributed by atoms with van der Waals surface area (Å²) in [5.41, 5.74) is 1.83. The van der Waals surface area contributed by atoms with Crippen molar-refractivity contribution in [3.63, 3.8) is 0 Å². The Balaban J connectivity index is 1.31. The summed E-state index contributed by atoms with van der Waals surface area (Å²) in [6.07, 6.45) is 0.934. The number of carbonyl (C=O) groups excluding carboxylic acids is 2. The van der Waals surface area contributed by atoms with Crippen LogP contribution in [0.15, 0.2) is 47.2 Å². The highest BCUT2D eigenvalue weighted by molar-refractivity contribution is 7.99. The van der Waals surface area contributed by atoms with Gasteiger partial charge in [-0.25, -0.2) is 4.98 Å². The lowest BCUT2D eigenvalue weighted by molar-refractivity contribution is -0.138. The first-order valence-corrected chi connectivity index (χ1v) is 12.8. The predicted molar refractivity (Wildman–Crippen MR) is 127 cm³/mol. The molecule has 1 aromatic carbocycles. The first-order valence-electron chi connectivity index (χ1n) is 9.91. The lowest BCUT2D eigenvalue weighted by Gasteiger charge is -2.23. The Kier molecular flexibility index (Phi) is 7.26. The molecule has 0 saturated carbocycles. The van der Waals surface area contributed by atoms with Gasteiger partial charge in [-0.2, -0.15) is 0 Å². The average molecular weight is 474 g/mol. The van der Waals surface area contributed by atoms with E-state index in [1.54, 1.807) is 46.4 Å². The Labute approximate surface area is 193 Å². The number of thioether (sulfide) groups is 1. The molecule has 1 unspecified atom stereocenters. The van der Waals surface area contributed by atoms with Gasteiger partial charge in [0.1, 0.15) is 16.8 Å². The number of nitrogens with zero attached hydrogens (tertiary/aromatic N) is 2. The third-order valence-electron chi connectivity index (χ3n) is 5.03. The number of thiophene rings is 1. The molecule has 162 valence electrons. The van der Waals surface area contributed by atoms with E-state index in [4.69, 9.17) is 4.74 Å². The van der Waals surface area contributed by atoms with Crippen LogP contribution >= 0.6 is 34.4 Å². The third-order valence-corrected chi connectivity index (χ3v) is 7.98. The number of ether oxygens (including phenoxy) is 1. The molecular weight excluding hydrogens is 450 g/mol. The van der Waals surface area contributed by atoms with E-state index in [9.17, 15) is 9.59 Å². The van der Waals surface area contributed by atoms with E-state index in [1.807, 2.05) is 47.2 Å². The van der Waals surface area contributed by atoms with E-state index < -0.39 is 6.04 Å². The maximum Gasteiger partial charge on any atom is 0.244 e. The zero-order valence-electron chi connectivity index (χ0n) is 17.1. The van der Waals surface area contributed by atoms with E-state index in [0.29, 0.717) is 31.0 Å². The molecule has 1 N–H and O–H groups in total. The second kappa shape index (κ2) is 10.3. The van der Waals surface area contributed by atoms with E-state index in [1.165, 1.54) is 0 Å². The summed E-state index contributed by atoms with van der Waals surface area (Å²) in [6, 6.07) is 11.3. The molecule has 3 aromatic rings. The molecular formula is C22H23N3O3S3. The average Bonchev–Trinajstić information content (AvgIpc) is 3.56. The fourth-order valence-electron chi connectivity index (χ4n) is 3.40. The van der Waals surface area contributed by atoms with Crippen molar-refractivity contribution in [1.29, 1.82) is 0 Å². The number of thiazole rings is 1. The Morgan fingerprint density at radius 3 is 2.90 bits per heavy atom. The molecule has 1 aliphatic rings. The number of hydrogen-bond donors (Lipinski definition) is 1. The van der Waals surface area contributed by atoms with Crippen molar-refractivity contribution in [2.24, 2.45) is 0 Å². The maximum atomic E-state index is 12.8. The van der Waals surface area contributed by atoms with E-state index in [2.05, 4.69) is 10.3 Å². The van der Waals surface area contributed by atoms with Crippen LogP contribution in [0, 0.1) is 0 Å². The van der Waals surface area contributed by atoms with E-state index in [-0.39, 0.29) is 11.8 Å². The summed E-state index contributed by atoms with van der Waals surface area (Å²) in [6.45, 7) is 0.366. The number of hydrogen-bond acceptors (Lipinski definition) is 7. The Morgan fingerprint density at radius 2 is 2.10 bits per heavy atom. The van der Waals surface area contributed by atoms with Crippen LogP contribution in [0.2, 0.25) is 0 Å². The zero-order valence-corrected chi connectivity index (χ0v) is 19.5. The highest BCUT2D eigenvalue weighted by Crippen LogP contribution is 2.28. The lowest BCUT2D eigenvalue weighted by atomic mass is 10.1. The normalized spacial score (nSPS) is 15.8. The van der Waals surface area contributed by atoms with Crippen LogP contribution in [0.5, 0.6) is 5.75 Å². The van der Waals surface area contributed by atoms with Crippen LogP contribution in [0.1, 0.15) is 17.7 Å². The van der Waals surface area contributed by atoms with Crippen LogP contribution in [-0.2, 0) is 22.6 Å². The first kappa shape index (κ1) is 21.9. The molecule has 1 saturated heterocycles. The number of benzene rings is 1. The maximum absolute atomic E-state index is 12.8. The molecule has 9 heteroatoms. The van der Waals surface area contributed by atoms with Crippen molar-refractivity contribution in [2.45, 2.75) is 25.4 Å². The van der Waals surface area contributed by atoms with Gasteiger partial charge in [0.25, 0.3) is 0 Å². The van der Waals surface area contributed by atoms with Crippen molar-refractivity contribution in [3.05, 3.63) is 58.4 Å². The molecule has 1 fully saturated rings. The van der Waals surface area contributed by atoms with Crippen molar-refractivity contribution in [2.75, 3.05) is 18.7 Å². The Hall–Kier alpha value is -2.36. The number of aromatic nitrogens is 1. The SMILES string of the molecule is COc1ccccc1CCC(=O)N1CSCC1C(=O)NCc1csc(-c2cccs2)n1. The number of methoxy groups -OCH3 is 1. The number of rotatable bonds is 8. The van der Waals surface area contributed by atoms with E-state index >= 15 is 0 Å². The topological polar surface area (TPSA) is 71.5 Å². The third kappa shape index (κ3) is 5.28. The van der Waals surface area contributed by atoms with Gasteiger partial charge >= 0.3 is 0 Å². The van der Waals surface area contributed by atoms with E-state index in [0.717, 1.165) is 26.9 Å². The fourth-order valence-corrected chi connectivity index (χ4v) is 6.21. The van der Waals surface area contributed by atoms with Crippen molar-refractivity contribution < 1.29 is 14.3 Å². The minimum absolute atomic E-state index is 0.00954. The summed E-state index contributed by atoms with van der Waals surface area (Å²) >= 11 is 4.83. The monoisotopic (exact) mass is 473 g/mol. The molecule has 0 bridgehead atoms. The minimum Gasteiger partial charge on any atom is -0.496 e. The zero-order chi connectivity index (χ0) is 21.6. The van der Waals surface area contributed by atoms with Gasteiger partial charge in [0.15, 0.2) is 0 Å². The number of carbonyl (C=O) groups is 2. The van der Waals surface area contributed by atoms with Crippen LogP contribution in [0.25, 0.3) is 9.88 Å². The van der Waals surface area contributed by atoms with Gasteiger partial charge in [0, 0.05) is 17.6 Å². The van der Waals surface area contributed by atoms with Crippen LogP contribution in [0.3, 0.4) is 0 Å². The standard InChI is InChI=1S/C22H23N3O3S3/c1-28-18-6-3-2-5-15(18)8-9-20(26)25-14-29-13-17(25)21(27)23-11-16-12-31-22(24-16)19-7-4-10-30-19/h2-7,10,12,17H,8-9,11,13-14H2,1H3,(H,23,27). The molecule has 2 aromatic heterocycles. The summed E-state index contributed by atoms with van der Waals surface area (Å²) in [5, 5.41) is 7.91. The molecule has 1 atom stereocenters. The van der Waals surface area contributed by atoms with Crippen LogP contribution in [-0.4, -0.2) is 46.5 Å². The first-order chi connectivity index (χ1) is 15.2. The number of amides is 2. The highest BCUT2D eigenvalue weighted by Gasteiger charge is 2.34. The summed E-state index contributed by atoms with van der Waals surface area (Å²) in [7, 11) is 1.63. The molecule has 0 spiro atoms. The van der Waals surface area contributed by atoms with Gasteiger partial charge in [-0.05, 0) is 29.5 Å². The number of para-hydroxylation sites is 1. The highest BCUT2D eigenvalue weighted by atomic mass is 32.2. The molecule has 3 heterocycles. The molecule has 0 radical (unpaired) electrons. The molecule has 6 nitrogen and oxygen atoms in total. The predicted octanol–water partition coefficient (Wildman–Crippen LogP) is 4.03. The second-order valence-corrected chi connectivity index (χ2v) is 9.84. The van der Waals surface area contributed by atoms with Crippen molar-refractivity contribution >= 4 is 46.2 Å². The van der Waals surface area contributed by atoms with Crippen molar-refractivity contribution in [1.82, 2.24) is 15.2 Å². The van der Waals surface area contributed by atoms with Gasteiger partial charge in [-0.1, -0.05) is 24.3 Å². The van der Waals surface area contributed by atoms with Crippen LogP contribution < -0.4 is 10.1 Å². The lowest BCUT2D eigenvalue weighted by Crippen LogP contribution is -2.47. The minimum atomic E-state index is -0.439. The van der Waals surface area contributed by atoms with Crippen molar-refractivity contribution in [3.8, 4) is 15.6 Å². The Bertz CT molecular complexity index is 1040. The molecule has 4 rings (SSSR count). The molecule has 0 aliphatic carbocycles. The fraction of sp³-hybridized carbons (Fsp3) is 0.318. The van der Waals surface area contributed by atoms with Gasteiger partial charge < -0.3 is 15.0 Å². The summed E-state index contributed by atoms with van der Waals surface area (Å²) in [4.78, 5) is 33.0. The largest absolute Gasteiger partial charge is 0.496 e. The van der Waals surface area contributed by atoms with Gasteiger partial charge in [-0.15, -0.1) is 34.4 Å². The van der Waals surface area contributed by atoms with Gasteiger partial charge in [-0.3, -0.25) is 9.59 Å². The molecule has 1 aliphatic heterocycles. The second-order valence-electron chi connectivity index (χ2n) is 7.03.